The lowest BCUT2D eigenvalue weighted by Crippen LogP contribution is -2.46. The van der Waals surface area contributed by atoms with Gasteiger partial charge in [0.25, 0.3) is 0 Å². The van der Waals surface area contributed by atoms with Crippen molar-refractivity contribution in [3.05, 3.63) is 0 Å². The Morgan fingerprint density at radius 2 is 1.57 bits per heavy atom. The van der Waals surface area contributed by atoms with Gasteiger partial charge in [-0.2, -0.15) is 0 Å². The van der Waals surface area contributed by atoms with Crippen LogP contribution in [0.3, 0.4) is 0 Å². The van der Waals surface area contributed by atoms with Crippen molar-refractivity contribution < 1.29 is 33.3 Å². The van der Waals surface area contributed by atoms with Crippen LogP contribution in [0, 0.1) is 5.41 Å². The van der Waals surface area contributed by atoms with E-state index in [4.69, 9.17) is 23.7 Å². The Balaban J connectivity index is 1.43. The van der Waals surface area contributed by atoms with Gasteiger partial charge in [0.15, 0.2) is 5.41 Å². The van der Waals surface area contributed by atoms with E-state index in [9.17, 15) is 9.59 Å². The Labute approximate surface area is 121 Å². The minimum absolute atomic E-state index is 0.0181. The molecule has 0 radical (unpaired) electrons. The number of rotatable bonds is 6. The van der Waals surface area contributed by atoms with Crippen LogP contribution in [-0.4, -0.2) is 62.8 Å². The fraction of sp³-hybridized carbons (Fsp3) is 0.857. The number of carbonyl (C=O) groups is 2. The van der Waals surface area contributed by atoms with Crippen molar-refractivity contribution in [2.24, 2.45) is 5.41 Å². The van der Waals surface area contributed by atoms with Crippen LogP contribution in [0.1, 0.15) is 19.3 Å². The molecule has 7 heteroatoms. The molecular formula is C14H18O7. The number of hydrogen-bond acceptors (Lipinski definition) is 7. The van der Waals surface area contributed by atoms with Gasteiger partial charge in [0, 0.05) is 6.42 Å². The summed E-state index contributed by atoms with van der Waals surface area (Å²) in [6, 6.07) is 0. The van der Waals surface area contributed by atoms with Crippen LogP contribution in [-0.2, 0) is 33.3 Å². The monoisotopic (exact) mass is 298 g/mol. The van der Waals surface area contributed by atoms with E-state index in [2.05, 4.69) is 0 Å². The van der Waals surface area contributed by atoms with Gasteiger partial charge in [0.2, 0.25) is 0 Å². The summed E-state index contributed by atoms with van der Waals surface area (Å²) in [5.74, 6) is -1.01. The van der Waals surface area contributed by atoms with E-state index in [1.165, 1.54) is 0 Å². The number of esters is 2. The average molecular weight is 298 g/mol. The summed E-state index contributed by atoms with van der Waals surface area (Å²) in [6.45, 7) is 1.62. The fourth-order valence-electron chi connectivity index (χ4n) is 2.84. The zero-order valence-electron chi connectivity index (χ0n) is 11.6. The second-order valence-corrected chi connectivity index (χ2v) is 6.15. The Kier molecular flexibility index (Phi) is 3.16. The van der Waals surface area contributed by atoms with Crippen molar-refractivity contribution in [3.8, 4) is 0 Å². The van der Waals surface area contributed by atoms with Crippen molar-refractivity contribution in [2.75, 3.05) is 26.4 Å². The first-order valence-corrected chi connectivity index (χ1v) is 7.40. The van der Waals surface area contributed by atoms with Crippen molar-refractivity contribution in [1.29, 1.82) is 0 Å². The van der Waals surface area contributed by atoms with E-state index in [0.717, 1.165) is 0 Å². The number of fused-ring (bicyclic) bond motifs is 1. The van der Waals surface area contributed by atoms with Crippen LogP contribution >= 0.6 is 0 Å². The molecule has 4 fully saturated rings. The van der Waals surface area contributed by atoms with Gasteiger partial charge in [-0.15, -0.1) is 0 Å². The van der Waals surface area contributed by atoms with Gasteiger partial charge in [-0.25, -0.2) is 0 Å². The molecule has 0 amide bonds. The van der Waals surface area contributed by atoms with E-state index in [0.29, 0.717) is 32.5 Å². The second-order valence-electron chi connectivity index (χ2n) is 6.15. The van der Waals surface area contributed by atoms with Crippen molar-refractivity contribution in [2.45, 2.75) is 43.7 Å². The number of hydrogen-bond donors (Lipinski definition) is 0. The molecule has 4 unspecified atom stereocenters. The largest absolute Gasteiger partial charge is 0.462 e. The SMILES string of the molecule is O=C(OCC1CO1)C1(C(=O)OCC2CO2)CCC2OC2C1. The molecule has 0 aromatic heterocycles. The molecule has 4 atom stereocenters. The van der Waals surface area contributed by atoms with Gasteiger partial charge < -0.3 is 23.7 Å². The van der Waals surface area contributed by atoms with Gasteiger partial charge in [-0.05, 0) is 12.8 Å². The van der Waals surface area contributed by atoms with Crippen molar-refractivity contribution in [3.63, 3.8) is 0 Å². The van der Waals surface area contributed by atoms with Gasteiger partial charge in [-0.3, -0.25) is 9.59 Å². The average Bonchev–Trinajstić information content (AvgIpc) is 3.37. The molecule has 0 aromatic rings. The third-order valence-corrected chi connectivity index (χ3v) is 4.48. The summed E-state index contributed by atoms with van der Waals surface area (Å²) in [5, 5.41) is 0. The Morgan fingerprint density at radius 3 is 2.05 bits per heavy atom. The molecule has 4 rings (SSSR count). The highest BCUT2D eigenvalue weighted by Gasteiger charge is 2.60. The summed E-state index contributed by atoms with van der Waals surface area (Å²) >= 11 is 0. The maximum atomic E-state index is 12.5. The minimum atomic E-state index is -1.22. The molecule has 1 aliphatic carbocycles. The summed E-state index contributed by atoms with van der Waals surface area (Å²) in [4.78, 5) is 24.9. The molecular weight excluding hydrogens is 280 g/mol. The van der Waals surface area contributed by atoms with E-state index >= 15 is 0 Å². The lowest BCUT2D eigenvalue weighted by Gasteiger charge is -2.30. The standard InChI is InChI=1S/C14H18O7/c15-12(19-6-8-4-17-8)14(2-1-10-11(3-14)21-10)13(16)20-7-9-5-18-9/h8-11H,1-7H2. The summed E-state index contributed by atoms with van der Waals surface area (Å²) in [7, 11) is 0. The molecule has 21 heavy (non-hydrogen) atoms. The molecule has 116 valence electrons. The molecule has 0 bridgehead atoms. The van der Waals surface area contributed by atoms with Crippen molar-refractivity contribution in [1.82, 2.24) is 0 Å². The first-order valence-electron chi connectivity index (χ1n) is 7.40. The smallest absolute Gasteiger partial charge is 0.323 e. The first kappa shape index (κ1) is 13.5. The van der Waals surface area contributed by atoms with Crippen LogP contribution in [0.2, 0.25) is 0 Å². The Bertz CT molecular complexity index is 426. The van der Waals surface area contributed by atoms with E-state index in [1.54, 1.807) is 0 Å². The van der Waals surface area contributed by atoms with Gasteiger partial charge in [0.05, 0.1) is 25.4 Å². The third-order valence-electron chi connectivity index (χ3n) is 4.48. The number of ether oxygens (including phenoxy) is 5. The molecule has 1 saturated carbocycles. The third kappa shape index (κ3) is 2.77. The molecule has 0 spiro atoms. The maximum Gasteiger partial charge on any atom is 0.323 e. The van der Waals surface area contributed by atoms with Crippen LogP contribution in [0.4, 0.5) is 0 Å². The van der Waals surface area contributed by atoms with Crippen LogP contribution in [0.15, 0.2) is 0 Å². The summed E-state index contributed by atoms with van der Waals surface area (Å²) < 4.78 is 26.0. The lowest BCUT2D eigenvalue weighted by molar-refractivity contribution is -0.175. The number of epoxide rings is 3. The van der Waals surface area contributed by atoms with Crippen molar-refractivity contribution >= 4 is 11.9 Å². The Hall–Kier alpha value is -1.18. The van der Waals surface area contributed by atoms with E-state index in [-0.39, 0.29) is 37.6 Å². The Morgan fingerprint density at radius 1 is 1.00 bits per heavy atom. The van der Waals surface area contributed by atoms with Gasteiger partial charge in [0.1, 0.15) is 25.4 Å². The molecule has 0 N–H and O–H groups in total. The second kappa shape index (κ2) is 4.93. The molecule has 0 aromatic carbocycles. The summed E-state index contributed by atoms with van der Waals surface area (Å²) in [6.07, 6.45) is 1.60. The predicted molar refractivity (Wildman–Crippen MR) is 66.3 cm³/mol. The normalized spacial score (nSPS) is 42.7. The van der Waals surface area contributed by atoms with Crippen LogP contribution in [0.5, 0.6) is 0 Å². The molecule has 7 nitrogen and oxygen atoms in total. The zero-order valence-corrected chi connectivity index (χ0v) is 11.6. The highest BCUT2D eigenvalue weighted by Crippen LogP contribution is 2.48. The van der Waals surface area contributed by atoms with E-state index < -0.39 is 17.4 Å². The molecule has 3 heterocycles. The van der Waals surface area contributed by atoms with Crippen LogP contribution < -0.4 is 0 Å². The lowest BCUT2D eigenvalue weighted by atomic mass is 9.74. The summed E-state index contributed by atoms with van der Waals surface area (Å²) in [5.41, 5.74) is -1.22. The minimum Gasteiger partial charge on any atom is -0.462 e. The molecule has 4 aliphatic rings. The predicted octanol–water partition coefficient (Wildman–Crippen LogP) is -0.192. The first-order chi connectivity index (χ1) is 10.2. The zero-order chi connectivity index (χ0) is 14.4. The maximum absolute atomic E-state index is 12.5. The van der Waals surface area contributed by atoms with E-state index in [1.807, 2.05) is 0 Å². The fourth-order valence-corrected chi connectivity index (χ4v) is 2.84. The highest BCUT2D eigenvalue weighted by atomic mass is 16.6. The highest BCUT2D eigenvalue weighted by molar-refractivity contribution is 6.00. The van der Waals surface area contributed by atoms with Gasteiger partial charge >= 0.3 is 11.9 Å². The number of carbonyl (C=O) groups excluding carboxylic acids is 2. The van der Waals surface area contributed by atoms with Crippen LogP contribution in [0.25, 0.3) is 0 Å². The molecule has 3 aliphatic heterocycles. The topological polar surface area (TPSA) is 90.2 Å². The van der Waals surface area contributed by atoms with Gasteiger partial charge in [-0.1, -0.05) is 0 Å². The molecule has 3 saturated heterocycles. The quantitative estimate of drug-likeness (QED) is 0.381.